The van der Waals surface area contributed by atoms with E-state index < -0.39 is 5.91 Å². The van der Waals surface area contributed by atoms with E-state index in [4.69, 9.17) is 14.2 Å². The van der Waals surface area contributed by atoms with Crippen LogP contribution in [0.4, 0.5) is 0 Å². The van der Waals surface area contributed by atoms with Crippen molar-refractivity contribution in [1.29, 1.82) is 0 Å². The summed E-state index contributed by atoms with van der Waals surface area (Å²) in [5, 5.41) is 5.40. The number of carbonyl (C=O) groups is 2. The van der Waals surface area contributed by atoms with Crippen LogP contribution in [0.3, 0.4) is 0 Å². The predicted molar refractivity (Wildman–Crippen MR) is 115 cm³/mol. The first kappa shape index (κ1) is 22.8. The van der Waals surface area contributed by atoms with Crippen LogP contribution in [-0.4, -0.2) is 32.1 Å². The molecule has 7 heteroatoms. The zero-order valence-electron chi connectivity index (χ0n) is 17.9. The third kappa shape index (κ3) is 6.84. The highest BCUT2D eigenvalue weighted by atomic mass is 16.5. The third-order valence-corrected chi connectivity index (χ3v) is 4.02. The number of hydrogen-bond acceptors (Lipinski definition) is 5. The van der Waals surface area contributed by atoms with Gasteiger partial charge >= 0.3 is 0 Å². The fourth-order valence-electron chi connectivity index (χ4n) is 2.69. The second-order valence-corrected chi connectivity index (χ2v) is 6.85. The highest BCUT2D eigenvalue weighted by Crippen LogP contribution is 2.28. The quantitative estimate of drug-likeness (QED) is 0.618. The Morgan fingerprint density at radius 1 is 1.00 bits per heavy atom. The smallest absolute Gasteiger partial charge is 0.268 e. The van der Waals surface area contributed by atoms with Gasteiger partial charge in [0, 0.05) is 13.5 Å². The largest absolute Gasteiger partial charge is 0.493 e. The first-order valence-corrected chi connectivity index (χ1v) is 9.57. The maximum absolute atomic E-state index is 12.7. The fourth-order valence-corrected chi connectivity index (χ4v) is 2.69. The number of methoxy groups -OCH3 is 2. The van der Waals surface area contributed by atoms with Gasteiger partial charge < -0.3 is 24.8 Å². The summed E-state index contributed by atoms with van der Waals surface area (Å²) in [5.41, 5.74) is 1.73. The summed E-state index contributed by atoms with van der Waals surface area (Å²) in [6.07, 6.45) is 1.68. The molecule has 7 nitrogen and oxygen atoms in total. The van der Waals surface area contributed by atoms with Crippen LogP contribution in [-0.2, 0) is 16.1 Å². The maximum atomic E-state index is 12.7. The number of carbonyl (C=O) groups excluding carboxylic acids is 2. The second-order valence-electron chi connectivity index (χ2n) is 6.85. The van der Waals surface area contributed by atoms with Gasteiger partial charge in [-0.05, 0) is 55.3 Å². The minimum absolute atomic E-state index is 0.0949. The highest BCUT2D eigenvalue weighted by Gasteiger charge is 2.12. The summed E-state index contributed by atoms with van der Waals surface area (Å²) >= 11 is 0. The van der Waals surface area contributed by atoms with Gasteiger partial charge in [-0.15, -0.1) is 0 Å². The van der Waals surface area contributed by atoms with Crippen LogP contribution in [0, 0.1) is 0 Å². The number of hydrogen-bond donors (Lipinski definition) is 2. The van der Waals surface area contributed by atoms with Crippen LogP contribution in [0.5, 0.6) is 17.2 Å². The molecule has 0 saturated heterocycles. The van der Waals surface area contributed by atoms with Gasteiger partial charge in [-0.1, -0.05) is 18.2 Å². The fraction of sp³-hybridized carbons (Fsp3) is 0.304. The van der Waals surface area contributed by atoms with Gasteiger partial charge in [0.1, 0.15) is 11.4 Å². The lowest BCUT2D eigenvalue weighted by atomic mass is 10.1. The van der Waals surface area contributed by atoms with Crippen molar-refractivity contribution in [2.24, 2.45) is 0 Å². The molecule has 0 aliphatic carbocycles. The van der Waals surface area contributed by atoms with Gasteiger partial charge in [-0.3, -0.25) is 9.59 Å². The van der Waals surface area contributed by atoms with E-state index in [1.54, 1.807) is 31.4 Å². The predicted octanol–water partition coefficient (Wildman–Crippen LogP) is 3.28. The number of ether oxygens (including phenoxy) is 3. The van der Waals surface area contributed by atoms with Gasteiger partial charge in [0.2, 0.25) is 5.91 Å². The number of nitrogens with one attached hydrogen (secondary N) is 2. The molecule has 30 heavy (non-hydrogen) atoms. The molecule has 0 aromatic heterocycles. The Hall–Kier alpha value is -3.48. The van der Waals surface area contributed by atoms with E-state index in [9.17, 15) is 9.59 Å². The number of rotatable bonds is 9. The Morgan fingerprint density at radius 3 is 2.23 bits per heavy atom. The van der Waals surface area contributed by atoms with Crippen molar-refractivity contribution in [1.82, 2.24) is 10.6 Å². The standard InChI is InChI=1S/C23H28N2O5/c1-15(2)30-19-9-6-17(7-10-19)14-24-23(27)20(25-16(3)26)12-18-8-11-21(28-4)22(13-18)29-5/h6-13,15H,14H2,1-5H3,(H,24,27)(H,25,26)/b20-12-. The summed E-state index contributed by atoms with van der Waals surface area (Å²) in [5.74, 6) is 1.13. The maximum Gasteiger partial charge on any atom is 0.268 e. The van der Waals surface area contributed by atoms with Crippen LogP contribution in [0.2, 0.25) is 0 Å². The lowest BCUT2D eigenvalue weighted by molar-refractivity contribution is -0.122. The lowest BCUT2D eigenvalue weighted by Crippen LogP contribution is -2.33. The monoisotopic (exact) mass is 412 g/mol. The molecule has 0 bridgehead atoms. The van der Waals surface area contributed by atoms with Crippen LogP contribution in [0.15, 0.2) is 48.2 Å². The Balaban J connectivity index is 2.13. The van der Waals surface area contributed by atoms with Crippen molar-refractivity contribution in [2.75, 3.05) is 14.2 Å². The first-order chi connectivity index (χ1) is 14.3. The molecule has 2 N–H and O–H groups in total. The molecule has 0 radical (unpaired) electrons. The molecule has 0 heterocycles. The van der Waals surface area contributed by atoms with Gasteiger partial charge in [0.25, 0.3) is 5.91 Å². The van der Waals surface area contributed by atoms with E-state index in [0.717, 1.165) is 11.3 Å². The van der Waals surface area contributed by atoms with E-state index in [1.165, 1.54) is 14.0 Å². The minimum atomic E-state index is -0.400. The van der Waals surface area contributed by atoms with Crippen LogP contribution in [0.1, 0.15) is 31.9 Å². The third-order valence-electron chi connectivity index (χ3n) is 4.02. The van der Waals surface area contributed by atoms with Crippen LogP contribution in [0.25, 0.3) is 6.08 Å². The molecule has 0 unspecified atom stereocenters. The average Bonchev–Trinajstić information content (AvgIpc) is 2.71. The number of benzene rings is 2. The van der Waals surface area contributed by atoms with E-state index in [0.29, 0.717) is 23.6 Å². The first-order valence-electron chi connectivity index (χ1n) is 9.57. The van der Waals surface area contributed by atoms with Gasteiger partial charge in [0.15, 0.2) is 11.5 Å². The number of amides is 2. The molecule has 2 aromatic rings. The average molecular weight is 412 g/mol. The van der Waals surface area contributed by atoms with E-state index in [2.05, 4.69) is 10.6 Å². The van der Waals surface area contributed by atoms with Crippen molar-refractivity contribution in [3.63, 3.8) is 0 Å². The molecular weight excluding hydrogens is 384 g/mol. The molecule has 2 rings (SSSR count). The molecule has 0 aliphatic heterocycles. The normalized spacial score (nSPS) is 11.1. The molecule has 0 saturated carbocycles. The van der Waals surface area contributed by atoms with Crippen molar-refractivity contribution in [3.8, 4) is 17.2 Å². The summed E-state index contributed by atoms with van der Waals surface area (Å²) in [4.78, 5) is 24.3. The Labute approximate surface area is 177 Å². The molecule has 0 atom stereocenters. The lowest BCUT2D eigenvalue weighted by Gasteiger charge is -2.12. The molecule has 0 fully saturated rings. The van der Waals surface area contributed by atoms with Gasteiger partial charge in [-0.25, -0.2) is 0 Å². The van der Waals surface area contributed by atoms with Crippen LogP contribution >= 0.6 is 0 Å². The molecule has 2 aromatic carbocycles. The molecule has 160 valence electrons. The Bertz CT molecular complexity index is 904. The molecule has 0 spiro atoms. The Kier molecular flexibility index (Phi) is 8.29. The van der Waals surface area contributed by atoms with Gasteiger partial charge in [-0.2, -0.15) is 0 Å². The summed E-state index contributed by atoms with van der Waals surface area (Å²) in [6, 6.07) is 12.7. The van der Waals surface area contributed by atoms with Crippen molar-refractivity contribution in [3.05, 3.63) is 59.3 Å². The SMILES string of the molecule is COc1ccc(/C=C(\NC(C)=O)C(=O)NCc2ccc(OC(C)C)cc2)cc1OC. The highest BCUT2D eigenvalue weighted by molar-refractivity contribution is 6.00. The second kappa shape index (κ2) is 10.9. The Morgan fingerprint density at radius 2 is 1.67 bits per heavy atom. The van der Waals surface area contributed by atoms with Crippen molar-refractivity contribution in [2.45, 2.75) is 33.4 Å². The topological polar surface area (TPSA) is 85.9 Å². The zero-order chi connectivity index (χ0) is 22.1. The van der Waals surface area contributed by atoms with Crippen LogP contribution < -0.4 is 24.8 Å². The van der Waals surface area contributed by atoms with Crippen molar-refractivity contribution < 1.29 is 23.8 Å². The minimum Gasteiger partial charge on any atom is -0.493 e. The van der Waals surface area contributed by atoms with E-state index in [-0.39, 0.29) is 17.7 Å². The molecule has 0 aliphatic rings. The summed E-state index contributed by atoms with van der Waals surface area (Å²) in [6.45, 7) is 5.58. The van der Waals surface area contributed by atoms with E-state index in [1.807, 2.05) is 38.1 Å². The van der Waals surface area contributed by atoms with Crippen molar-refractivity contribution >= 4 is 17.9 Å². The van der Waals surface area contributed by atoms with E-state index >= 15 is 0 Å². The summed E-state index contributed by atoms with van der Waals surface area (Å²) < 4.78 is 16.1. The molecule has 2 amide bonds. The molecular formula is C23H28N2O5. The zero-order valence-corrected chi connectivity index (χ0v) is 17.9. The summed E-state index contributed by atoms with van der Waals surface area (Å²) in [7, 11) is 3.08. The van der Waals surface area contributed by atoms with Gasteiger partial charge in [0.05, 0.1) is 20.3 Å².